The van der Waals surface area contributed by atoms with Crippen molar-refractivity contribution in [2.45, 2.75) is 6.92 Å². The highest BCUT2D eigenvalue weighted by molar-refractivity contribution is 6.34. The maximum atomic E-state index is 12.0. The van der Waals surface area contributed by atoms with Gasteiger partial charge in [-0.25, -0.2) is 9.59 Å². The van der Waals surface area contributed by atoms with Crippen molar-refractivity contribution in [2.75, 3.05) is 12.3 Å². The summed E-state index contributed by atoms with van der Waals surface area (Å²) in [5.41, 5.74) is 6.71. The van der Waals surface area contributed by atoms with Gasteiger partial charge in [0.2, 0.25) is 0 Å². The molecule has 0 atom stereocenters. The number of fused-ring (bicyclic) bond motifs is 3. The minimum atomic E-state index is -0.587. The summed E-state index contributed by atoms with van der Waals surface area (Å²) >= 11 is 5.94. The van der Waals surface area contributed by atoms with Crippen molar-refractivity contribution in [1.82, 2.24) is 14.6 Å². The normalized spacial score (nSPS) is 11.1. The zero-order chi connectivity index (χ0) is 15.1. The number of rotatable bonds is 2. The van der Waals surface area contributed by atoms with Crippen molar-refractivity contribution in [3.8, 4) is 0 Å². The number of aromatic amines is 1. The molecule has 7 nitrogen and oxygen atoms in total. The molecule has 0 saturated heterocycles. The van der Waals surface area contributed by atoms with Crippen LogP contribution in [0.4, 0.5) is 5.69 Å². The van der Waals surface area contributed by atoms with Crippen LogP contribution in [0, 0.1) is 0 Å². The van der Waals surface area contributed by atoms with E-state index in [9.17, 15) is 9.59 Å². The topological polar surface area (TPSA) is 102 Å². The molecule has 0 aliphatic heterocycles. The molecule has 0 spiro atoms. The predicted molar refractivity (Wildman–Crippen MR) is 78.7 cm³/mol. The molecule has 21 heavy (non-hydrogen) atoms. The minimum Gasteiger partial charge on any atom is -0.461 e. The molecule has 3 N–H and O–H groups in total. The fourth-order valence-electron chi connectivity index (χ4n) is 2.11. The summed E-state index contributed by atoms with van der Waals surface area (Å²) in [4.78, 5) is 26.4. The Labute approximate surface area is 123 Å². The third kappa shape index (κ3) is 2.11. The summed E-state index contributed by atoms with van der Waals surface area (Å²) in [6.07, 6.45) is 0. The molecular weight excluding hydrogens is 296 g/mol. The average Bonchev–Trinajstić information content (AvgIpc) is 2.88. The Morgan fingerprint density at radius 2 is 2.24 bits per heavy atom. The number of anilines is 1. The number of esters is 1. The molecule has 108 valence electrons. The van der Waals surface area contributed by atoms with E-state index in [0.29, 0.717) is 27.1 Å². The van der Waals surface area contributed by atoms with E-state index in [2.05, 4.69) is 10.1 Å². The first-order valence-electron chi connectivity index (χ1n) is 6.19. The van der Waals surface area contributed by atoms with Gasteiger partial charge in [-0.1, -0.05) is 11.6 Å². The second kappa shape index (κ2) is 4.78. The van der Waals surface area contributed by atoms with Gasteiger partial charge in [0.05, 0.1) is 28.4 Å². The molecule has 3 rings (SSSR count). The lowest BCUT2D eigenvalue weighted by Crippen LogP contribution is -2.18. The van der Waals surface area contributed by atoms with Gasteiger partial charge in [0.25, 0.3) is 0 Å². The number of benzene rings is 1. The van der Waals surface area contributed by atoms with Gasteiger partial charge in [-0.05, 0) is 25.1 Å². The third-order valence-electron chi connectivity index (χ3n) is 3.04. The van der Waals surface area contributed by atoms with E-state index in [1.54, 1.807) is 19.1 Å². The average molecular weight is 307 g/mol. The molecule has 8 heteroatoms. The summed E-state index contributed by atoms with van der Waals surface area (Å²) in [5.74, 6) is -0.587. The number of carbonyl (C=O) groups is 1. The SMILES string of the molecule is CCOC(=O)c1cc2c3cc(N)c(Cl)cc3[nH]c(=O)n2n1. The van der Waals surface area contributed by atoms with Crippen molar-refractivity contribution in [2.24, 2.45) is 0 Å². The maximum absolute atomic E-state index is 12.0. The number of nitrogen functional groups attached to an aromatic ring is 1. The highest BCUT2D eigenvalue weighted by atomic mass is 35.5. The van der Waals surface area contributed by atoms with Gasteiger partial charge in [-0.15, -0.1) is 0 Å². The third-order valence-corrected chi connectivity index (χ3v) is 3.37. The van der Waals surface area contributed by atoms with Crippen molar-refractivity contribution >= 4 is 39.7 Å². The van der Waals surface area contributed by atoms with Crippen LogP contribution in [-0.4, -0.2) is 27.2 Å². The van der Waals surface area contributed by atoms with Gasteiger partial charge in [0, 0.05) is 5.39 Å². The molecule has 0 fully saturated rings. The number of H-pyrrole nitrogens is 1. The maximum Gasteiger partial charge on any atom is 0.358 e. The number of hydrogen-bond acceptors (Lipinski definition) is 5. The second-order valence-corrected chi connectivity index (χ2v) is 4.80. The van der Waals surface area contributed by atoms with Crippen LogP contribution < -0.4 is 11.4 Å². The lowest BCUT2D eigenvalue weighted by molar-refractivity contribution is 0.0519. The van der Waals surface area contributed by atoms with Gasteiger partial charge in [0.1, 0.15) is 0 Å². The van der Waals surface area contributed by atoms with Crippen LogP contribution in [0.3, 0.4) is 0 Å². The standard InChI is InChI=1S/C13H11ClN4O3/c1-2-21-12(19)10-5-11-6-3-8(15)7(14)4-9(6)16-13(20)18(11)17-10/h3-5H,2,15H2,1H3,(H,16,20). The number of nitrogens with two attached hydrogens (primary N) is 1. The van der Waals surface area contributed by atoms with Gasteiger partial charge in [-0.2, -0.15) is 9.61 Å². The van der Waals surface area contributed by atoms with Gasteiger partial charge in [0.15, 0.2) is 5.69 Å². The Balaban J connectivity index is 2.35. The second-order valence-electron chi connectivity index (χ2n) is 4.40. The lowest BCUT2D eigenvalue weighted by atomic mass is 10.2. The predicted octanol–water partition coefficient (Wildman–Crippen LogP) is 1.59. The molecule has 0 aliphatic rings. The first-order valence-corrected chi connectivity index (χ1v) is 6.57. The minimum absolute atomic E-state index is 0.0587. The Hall–Kier alpha value is -2.54. The van der Waals surface area contributed by atoms with Gasteiger partial charge < -0.3 is 15.5 Å². The zero-order valence-corrected chi connectivity index (χ0v) is 11.8. The zero-order valence-electron chi connectivity index (χ0n) is 11.0. The fraction of sp³-hybridized carbons (Fsp3) is 0.154. The van der Waals surface area contributed by atoms with Crippen LogP contribution in [0.15, 0.2) is 23.0 Å². The number of carbonyl (C=O) groups excluding carboxylic acids is 1. The molecule has 0 bridgehead atoms. The van der Waals surface area contributed by atoms with Crippen molar-refractivity contribution in [3.63, 3.8) is 0 Å². The van der Waals surface area contributed by atoms with Crippen LogP contribution in [-0.2, 0) is 4.74 Å². The van der Waals surface area contributed by atoms with E-state index >= 15 is 0 Å². The number of nitrogens with one attached hydrogen (secondary N) is 1. The molecular formula is C13H11ClN4O3. The number of hydrogen-bond donors (Lipinski definition) is 2. The van der Waals surface area contributed by atoms with E-state index in [1.165, 1.54) is 6.07 Å². The molecule has 3 aromatic rings. The van der Waals surface area contributed by atoms with E-state index in [4.69, 9.17) is 22.1 Å². The molecule has 0 unspecified atom stereocenters. The molecule has 1 aromatic carbocycles. The molecule has 2 heterocycles. The summed E-state index contributed by atoms with van der Waals surface area (Å²) < 4.78 is 5.98. The van der Waals surface area contributed by atoms with Gasteiger partial charge in [-0.3, -0.25) is 0 Å². The largest absolute Gasteiger partial charge is 0.461 e. The first-order chi connectivity index (χ1) is 10.0. The van der Waals surface area contributed by atoms with Crippen molar-refractivity contribution in [1.29, 1.82) is 0 Å². The molecule has 0 saturated carbocycles. The number of halogens is 1. The van der Waals surface area contributed by atoms with E-state index in [0.717, 1.165) is 4.52 Å². The molecule has 0 radical (unpaired) electrons. The van der Waals surface area contributed by atoms with Crippen LogP contribution in [0.2, 0.25) is 5.02 Å². The summed E-state index contributed by atoms with van der Waals surface area (Å²) in [6, 6.07) is 4.67. The molecule has 0 aliphatic carbocycles. The fourth-order valence-corrected chi connectivity index (χ4v) is 2.27. The first kappa shape index (κ1) is 13.4. The number of nitrogens with zero attached hydrogens (tertiary/aromatic N) is 2. The number of ether oxygens (including phenoxy) is 1. The quantitative estimate of drug-likeness (QED) is 0.553. The van der Waals surface area contributed by atoms with E-state index in [-0.39, 0.29) is 12.3 Å². The monoisotopic (exact) mass is 306 g/mol. The summed E-state index contributed by atoms with van der Waals surface area (Å²) in [6.45, 7) is 1.92. The smallest absolute Gasteiger partial charge is 0.358 e. The molecule has 0 amide bonds. The van der Waals surface area contributed by atoms with Crippen LogP contribution in [0.5, 0.6) is 0 Å². The van der Waals surface area contributed by atoms with E-state index in [1.807, 2.05) is 0 Å². The van der Waals surface area contributed by atoms with Gasteiger partial charge >= 0.3 is 11.7 Å². The Kier molecular flexibility index (Phi) is 3.06. The summed E-state index contributed by atoms with van der Waals surface area (Å²) in [5, 5.41) is 4.94. The van der Waals surface area contributed by atoms with Crippen molar-refractivity contribution in [3.05, 3.63) is 39.4 Å². The van der Waals surface area contributed by atoms with Crippen molar-refractivity contribution < 1.29 is 9.53 Å². The highest BCUT2D eigenvalue weighted by Crippen LogP contribution is 2.26. The Morgan fingerprint density at radius 1 is 1.48 bits per heavy atom. The Bertz CT molecular complexity index is 928. The van der Waals surface area contributed by atoms with Crippen LogP contribution in [0.25, 0.3) is 16.4 Å². The lowest BCUT2D eigenvalue weighted by Gasteiger charge is -2.03. The van der Waals surface area contributed by atoms with Crippen LogP contribution >= 0.6 is 11.6 Å². The van der Waals surface area contributed by atoms with Crippen LogP contribution in [0.1, 0.15) is 17.4 Å². The highest BCUT2D eigenvalue weighted by Gasteiger charge is 2.16. The molecule has 2 aromatic heterocycles. The Morgan fingerprint density at radius 3 is 2.95 bits per heavy atom. The number of aromatic nitrogens is 3. The summed E-state index contributed by atoms with van der Waals surface area (Å²) in [7, 11) is 0. The van der Waals surface area contributed by atoms with E-state index < -0.39 is 11.7 Å².